The molecule has 2 rings (SSSR count). The zero-order chi connectivity index (χ0) is 17.7. The van der Waals surface area contributed by atoms with Gasteiger partial charge in [-0.3, -0.25) is 0 Å². The summed E-state index contributed by atoms with van der Waals surface area (Å²) < 4.78 is 0. The van der Waals surface area contributed by atoms with E-state index in [1.165, 1.54) is 0 Å². The summed E-state index contributed by atoms with van der Waals surface area (Å²) in [5.41, 5.74) is 1.72. The molecule has 0 amide bonds. The van der Waals surface area contributed by atoms with Crippen LogP contribution in [0.4, 0.5) is 0 Å². The first-order chi connectivity index (χ1) is 11.4. The van der Waals surface area contributed by atoms with Crippen LogP contribution in [0.1, 0.15) is 57.1 Å². The second kappa shape index (κ2) is 8.13. The second-order valence-electron chi connectivity index (χ2n) is 6.23. The van der Waals surface area contributed by atoms with Gasteiger partial charge in [-0.05, 0) is 48.2 Å². The third kappa shape index (κ3) is 3.81. The maximum absolute atomic E-state index is 10.1. The highest BCUT2D eigenvalue weighted by atomic mass is 35.5. The number of rotatable bonds is 7. The van der Waals surface area contributed by atoms with Gasteiger partial charge in [0.05, 0.1) is 10.0 Å². The molecule has 0 aliphatic heterocycles. The Morgan fingerprint density at radius 2 is 1.33 bits per heavy atom. The average molecular weight is 367 g/mol. The molecule has 0 aromatic heterocycles. The lowest BCUT2D eigenvalue weighted by molar-refractivity contribution is 0.420. The summed E-state index contributed by atoms with van der Waals surface area (Å²) >= 11 is 12.0. The quantitative estimate of drug-likeness (QED) is 0.536. The number of hydrogen-bond donors (Lipinski definition) is 2. The predicted octanol–water partition coefficient (Wildman–Crippen LogP) is 6.68. The molecule has 0 saturated carbocycles. The zero-order valence-electron chi connectivity index (χ0n) is 14.1. The van der Waals surface area contributed by atoms with E-state index < -0.39 is 0 Å². The van der Waals surface area contributed by atoms with Crippen molar-refractivity contribution >= 4 is 23.2 Å². The maximum Gasteiger partial charge on any atom is 0.134 e. The molecule has 0 radical (unpaired) electrons. The highest BCUT2D eigenvalue weighted by Gasteiger charge is 2.33. The first kappa shape index (κ1) is 19.0. The number of unbranched alkanes of at least 4 members (excludes halogenated alkanes) is 2. The van der Waals surface area contributed by atoms with Crippen LogP contribution in [-0.2, 0) is 5.41 Å². The van der Waals surface area contributed by atoms with Gasteiger partial charge < -0.3 is 10.2 Å². The summed E-state index contributed by atoms with van der Waals surface area (Å²) in [7, 11) is 0. The van der Waals surface area contributed by atoms with E-state index >= 15 is 0 Å². The van der Waals surface area contributed by atoms with Gasteiger partial charge in [0, 0.05) is 5.41 Å². The SMILES string of the molecule is CCCCCC(CC)(c1ccc(Cl)c(O)c1)c1ccc(Cl)c(O)c1. The van der Waals surface area contributed by atoms with Gasteiger partial charge in [-0.2, -0.15) is 0 Å². The summed E-state index contributed by atoms with van der Waals surface area (Å²) in [6.45, 7) is 4.30. The molecule has 0 unspecified atom stereocenters. The zero-order valence-corrected chi connectivity index (χ0v) is 15.7. The summed E-state index contributed by atoms with van der Waals surface area (Å²) in [4.78, 5) is 0. The van der Waals surface area contributed by atoms with Crippen LogP contribution in [0.2, 0.25) is 10.0 Å². The lowest BCUT2D eigenvalue weighted by atomic mass is 9.69. The van der Waals surface area contributed by atoms with E-state index in [-0.39, 0.29) is 16.9 Å². The van der Waals surface area contributed by atoms with E-state index in [1.807, 2.05) is 12.1 Å². The van der Waals surface area contributed by atoms with Crippen molar-refractivity contribution in [2.45, 2.75) is 51.4 Å². The lowest BCUT2D eigenvalue weighted by Crippen LogP contribution is -2.27. The van der Waals surface area contributed by atoms with Crippen molar-refractivity contribution in [3.63, 3.8) is 0 Å². The molecular weight excluding hydrogens is 343 g/mol. The van der Waals surface area contributed by atoms with Crippen molar-refractivity contribution < 1.29 is 10.2 Å². The average Bonchev–Trinajstić information content (AvgIpc) is 2.57. The van der Waals surface area contributed by atoms with Crippen molar-refractivity contribution in [2.24, 2.45) is 0 Å². The Kier molecular flexibility index (Phi) is 6.42. The van der Waals surface area contributed by atoms with Gasteiger partial charge in [0.2, 0.25) is 0 Å². The molecule has 24 heavy (non-hydrogen) atoms. The molecule has 0 aliphatic carbocycles. The van der Waals surface area contributed by atoms with Gasteiger partial charge in [0.15, 0.2) is 0 Å². The molecule has 2 N–H and O–H groups in total. The third-order valence-electron chi connectivity index (χ3n) is 4.81. The van der Waals surface area contributed by atoms with Crippen LogP contribution in [0.5, 0.6) is 11.5 Å². The largest absolute Gasteiger partial charge is 0.506 e. The van der Waals surface area contributed by atoms with Crippen molar-refractivity contribution in [1.29, 1.82) is 0 Å². The van der Waals surface area contributed by atoms with Crippen LogP contribution in [0.3, 0.4) is 0 Å². The topological polar surface area (TPSA) is 40.5 Å². The summed E-state index contributed by atoms with van der Waals surface area (Å²) in [5, 5.41) is 20.8. The lowest BCUT2D eigenvalue weighted by Gasteiger charge is -2.35. The monoisotopic (exact) mass is 366 g/mol. The van der Waals surface area contributed by atoms with Crippen LogP contribution in [0, 0.1) is 0 Å². The molecule has 2 aromatic rings. The molecular formula is C20H24Cl2O2. The number of hydrogen-bond acceptors (Lipinski definition) is 2. The number of aromatic hydroxyl groups is 2. The Balaban J connectivity index is 2.57. The Morgan fingerprint density at radius 1 is 0.833 bits per heavy atom. The second-order valence-corrected chi connectivity index (χ2v) is 7.04. The minimum atomic E-state index is -0.292. The number of phenolic OH excluding ortho intramolecular Hbond substituents is 2. The molecule has 4 heteroatoms. The molecule has 0 spiro atoms. The smallest absolute Gasteiger partial charge is 0.134 e. The summed E-state index contributed by atoms with van der Waals surface area (Å²) in [5.74, 6) is 0.168. The van der Waals surface area contributed by atoms with Crippen molar-refractivity contribution in [2.75, 3.05) is 0 Å². The van der Waals surface area contributed by atoms with E-state index in [9.17, 15) is 10.2 Å². The van der Waals surface area contributed by atoms with Gasteiger partial charge in [-0.25, -0.2) is 0 Å². The molecule has 0 atom stereocenters. The normalized spacial score (nSPS) is 11.7. The molecule has 0 aliphatic rings. The van der Waals surface area contributed by atoms with E-state index in [4.69, 9.17) is 23.2 Å². The Hall–Kier alpha value is -1.38. The van der Waals surface area contributed by atoms with E-state index in [2.05, 4.69) is 13.8 Å². The van der Waals surface area contributed by atoms with Crippen molar-refractivity contribution in [3.8, 4) is 11.5 Å². The highest BCUT2D eigenvalue weighted by molar-refractivity contribution is 6.32. The van der Waals surface area contributed by atoms with Crippen LogP contribution in [0.25, 0.3) is 0 Å². The predicted molar refractivity (Wildman–Crippen MR) is 101 cm³/mol. The molecule has 0 fully saturated rings. The van der Waals surface area contributed by atoms with Gasteiger partial charge in [-0.1, -0.05) is 68.4 Å². The standard InChI is InChI=1S/C20H24Cl2O2/c1-3-5-6-11-20(4-2,14-7-9-16(21)18(23)12-14)15-8-10-17(22)19(24)13-15/h7-10,12-13,23-24H,3-6,11H2,1-2H3. The summed E-state index contributed by atoms with van der Waals surface area (Å²) in [6.07, 6.45) is 5.12. The Morgan fingerprint density at radius 3 is 1.71 bits per heavy atom. The van der Waals surface area contributed by atoms with Crippen LogP contribution < -0.4 is 0 Å². The highest BCUT2D eigenvalue weighted by Crippen LogP contribution is 2.44. The van der Waals surface area contributed by atoms with Crippen molar-refractivity contribution in [3.05, 3.63) is 57.6 Å². The third-order valence-corrected chi connectivity index (χ3v) is 5.45. The van der Waals surface area contributed by atoms with Crippen molar-refractivity contribution in [1.82, 2.24) is 0 Å². The first-order valence-electron chi connectivity index (χ1n) is 8.42. The van der Waals surface area contributed by atoms with Crippen LogP contribution in [-0.4, -0.2) is 10.2 Å². The molecule has 2 aromatic carbocycles. The minimum absolute atomic E-state index is 0.0840. The van der Waals surface area contributed by atoms with E-state index in [1.54, 1.807) is 24.3 Å². The fourth-order valence-electron chi connectivity index (χ4n) is 3.34. The van der Waals surface area contributed by atoms with Gasteiger partial charge in [0.25, 0.3) is 0 Å². The van der Waals surface area contributed by atoms with Gasteiger partial charge >= 0.3 is 0 Å². The van der Waals surface area contributed by atoms with E-state index in [0.29, 0.717) is 10.0 Å². The molecule has 0 saturated heterocycles. The molecule has 2 nitrogen and oxygen atoms in total. The summed E-state index contributed by atoms with van der Waals surface area (Å²) in [6, 6.07) is 10.9. The number of phenols is 2. The molecule has 0 bridgehead atoms. The van der Waals surface area contributed by atoms with Gasteiger partial charge in [-0.15, -0.1) is 0 Å². The maximum atomic E-state index is 10.1. The number of benzene rings is 2. The van der Waals surface area contributed by atoms with Crippen LogP contribution in [0.15, 0.2) is 36.4 Å². The van der Waals surface area contributed by atoms with Crippen LogP contribution >= 0.6 is 23.2 Å². The van der Waals surface area contributed by atoms with E-state index in [0.717, 1.165) is 43.2 Å². The Bertz CT molecular complexity index is 647. The first-order valence-corrected chi connectivity index (χ1v) is 9.18. The fourth-order valence-corrected chi connectivity index (χ4v) is 3.57. The van der Waals surface area contributed by atoms with Gasteiger partial charge in [0.1, 0.15) is 11.5 Å². The Labute approximate surface area is 154 Å². The molecule has 130 valence electrons. The fraction of sp³-hybridized carbons (Fsp3) is 0.400. The molecule has 0 heterocycles. The minimum Gasteiger partial charge on any atom is -0.506 e. The number of halogens is 2.